The molecule has 0 aliphatic carbocycles. The van der Waals surface area contributed by atoms with Crippen molar-refractivity contribution >= 4 is 17.5 Å². The third-order valence-corrected chi connectivity index (χ3v) is 3.75. The van der Waals surface area contributed by atoms with Gasteiger partial charge in [-0.2, -0.15) is 0 Å². The number of β-amino-alcohol motifs (C(OH)–C–C–N with tert-alkyl or cyclic N) is 1. The molecule has 5 heteroatoms. The Labute approximate surface area is 111 Å². The molecule has 0 radical (unpaired) electrons. The molecule has 2 aliphatic rings. The summed E-state index contributed by atoms with van der Waals surface area (Å²) in [5.74, 6) is -0.0157. The smallest absolute Gasteiger partial charge is 0.254 e. The number of aliphatic hydroxyl groups is 1. The Morgan fingerprint density at radius 1 is 1.32 bits per heavy atom. The van der Waals surface area contributed by atoms with E-state index in [9.17, 15) is 14.7 Å². The number of carbonyl (C=O) groups excluding carboxylic acids is 2. The summed E-state index contributed by atoms with van der Waals surface area (Å²) in [6.45, 7) is 3.06. The number of likely N-dealkylation sites (tertiary alicyclic amines) is 1. The van der Waals surface area contributed by atoms with Gasteiger partial charge in [-0.3, -0.25) is 9.59 Å². The number of amides is 2. The number of anilines is 1. The molecule has 0 unspecified atom stereocenters. The van der Waals surface area contributed by atoms with Crippen molar-refractivity contribution in [2.75, 3.05) is 24.5 Å². The van der Waals surface area contributed by atoms with E-state index in [1.165, 1.54) is 0 Å². The predicted octanol–water partition coefficient (Wildman–Crippen LogP) is 0.412. The van der Waals surface area contributed by atoms with Gasteiger partial charge in [0.25, 0.3) is 5.91 Å². The van der Waals surface area contributed by atoms with Crippen LogP contribution in [0.5, 0.6) is 0 Å². The topological polar surface area (TPSA) is 60.9 Å². The first-order valence-corrected chi connectivity index (χ1v) is 6.44. The lowest BCUT2D eigenvalue weighted by molar-refractivity contribution is -0.116. The minimum Gasteiger partial charge on any atom is -0.389 e. The first-order chi connectivity index (χ1) is 9.06. The molecule has 3 rings (SSSR count). The van der Waals surface area contributed by atoms with Crippen LogP contribution in [0.3, 0.4) is 0 Å². The Bertz CT molecular complexity index is 550. The third kappa shape index (κ3) is 2.00. The SMILES string of the molecule is CC(=O)N1CCc2cc(C(=O)N3CC(O)C3)ccc21. The molecule has 0 bridgehead atoms. The zero-order chi connectivity index (χ0) is 13.6. The van der Waals surface area contributed by atoms with Gasteiger partial charge in [0.05, 0.1) is 6.10 Å². The molecular weight excluding hydrogens is 244 g/mol. The van der Waals surface area contributed by atoms with E-state index in [0.717, 1.165) is 17.7 Å². The van der Waals surface area contributed by atoms with Crippen molar-refractivity contribution in [3.8, 4) is 0 Å². The van der Waals surface area contributed by atoms with Crippen molar-refractivity contribution in [1.29, 1.82) is 0 Å². The van der Waals surface area contributed by atoms with E-state index in [1.54, 1.807) is 22.8 Å². The van der Waals surface area contributed by atoms with Gasteiger partial charge in [0.1, 0.15) is 0 Å². The number of benzene rings is 1. The van der Waals surface area contributed by atoms with Gasteiger partial charge in [0.2, 0.25) is 5.91 Å². The summed E-state index contributed by atoms with van der Waals surface area (Å²) in [4.78, 5) is 26.9. The van der Waals surface area contributed by atoms with Crippen molar-refractivity contribution in [2.45, 2.75) is 19.4 Å². The van der Waals surface area contributed by atoms with E-state index < -0.39 is 0 Å². The van der Waals surface area contributed by atoms with Crippen LogP contribution < -0.4 is 4.90 Å². The Hall–Kier alpha value is -1.88. The van der Waals surface area contributed by atoms with Gasteiger partial charge in [-0.25, -0.2) is 0 Å². The number of hydrogen-bond donors (Lipinski definition) is 1. The molecule has 2 aliphatic heterocycles. The number of carbonyl (C=O) groups is 2. The molecule has 1 fully saturated rings. The first kappa shape index (κ1) is 12.2. The molecule has 0 spiro atoms. The minimum absolute atomic E-state index is 0.0312. The van der Waals surface area contributed by atoms with E-state index >= 15 is 0 Å². The zero-order valence-electron chi connectivity index (χ0n) is 10.8. The predicted molar refractivity (Wildman–Crippen MR) is 70.1 cm³/mol. The fourth-order valence-electron chi connectivity index (χ4n) is 2.67. The second-order valence-corrected chi connectivity index (χ2v) is 5.13. The second-order valence-electron chi connectivity index (χ2n) is 5.13. The monoisotopic (exact) mass is 260 g/mol. The summed E-state index contributed by atoms with van der Waals surface area (Å²) in [6.07, 6.45) is 0.408. The molecule has 0 saturated carbocycles. The van der Waals surface area contributed by atoms with E-state index in [-0.39, 0.29) is 17.9 Å². The van der Waals surface area contributed by atoms with Crippen molar-refractivity contribution in [1.82, 2.24) is 4.90 Å². The number of rotatable bonds is 1. The molecule has 0 atom stereocenters. The van der Waals surface area contributed by atoms with E-state index in [0.29, 0.717) is 25.2 Å². The van der Waals surface area contributed by atoms with Crippen LogP contribution in [0.15, 0.2) is 18.2 Å². The van der Waals surface area contributed by atoms with E-state index in [1.807, 2.05) is 12.1 Å². The highest BCUT2D eigenvalue weighted by molar-refractivity contribution is 5.98. The molecule has 1 aromatic rings. The minimum atomic E-state index is -0.383. The normalized spacial score (nSPS) is 18.2. The van der Waals surface area contributed by atoms with Gasteiger partial charge in [0.15, 0.2) is 0 Å². The fraction of sp³-hybridized carbons (Fsp3) is 0.429. The molecule has 1 aromatic carbocycles. The highest BCUT2D eigenvalue weighted by atomic mass is 16.3. The van der Waals surface area contributed by atoms with Gasteiger partial charge >= 0.3 is 0 Å². The molecule has 1 N–H and O–H groups in total. The summed E-state index contributed by atoms with van der Waals surface area (Å²) in [7, 11) is 0. The lowest BCUT2D eigenvalue weighted by atomic mass is 10.0. The Balaban J connectivity index is 1.83. The summed E-state index contributed by atoms with van der Waals surface area (Å²) >= 11 is 0. The molecule has 5 nitrogen and oxygen atoms in total. The van der Waals surface area contributed by atoms with Crippen molar-refractivity contribution in [2.24, 2.45) is 0 Å². The van der Waals surface area contributed by atoms with E-state index in [2.05, 4.69) is 0 Å². The fourth-order valence-corrected chi connectivity index (χ4v) is 2.67. The number of hydrogen-bond acceptors (Lipinski definition) is 3. The van der Waals surface area contributed by atoms with Crippen molar-refractivity contribution < 1.29 is 14.7 Å². The third-order valence-electron chi connectivity index (χ3n) is 3.75. The maximum Gasteiger partial charge on any atom is 0.254 e. The van der Waals surface area contributed by atoms with Gasteiger partial charge in [-0.15, -0.1) is 0 Å². The maximum absolute atomic E-state index is 12.1. The van der Waals surface area contributed by atoms with Crippen LogP contribution >= 0.6 is 0 Å². The molecule has 100 valence electrons. The van der Waals surface area contributed by atoms with Gasteiger partial charge < -0.3 is 14.9 Å². The highest BCUT2D eigenvalue weighted by Crippen LogP contribution is 2.29. The lowest BCUT2D eigenvalue weighted by Crippen LogP contribution is -2.53. The van der Waals surface area contributed by atoms with Crippen LogP contribution in [0.25, 0.3) is 0 Å². The lowest BCUT2D eigenvalue weighted by Gasteiger charge is -2.35. The van der Waals surface area contributed by atoms with E-state index in [4.69, 9.17) is 0 Å². The van der Waals surface area contributed by atoms with Crippen molar-refractivity contribution in [3.63, 3.8) is 0 Å². The van der Waals surface area contributed by atoms with Crippen LogP contribution in [-0.4, -0.2) is 47.6 Å². The highest BCUT2D eigenvalue weighted by Gasteiger charge is 2.30. The van der Waals surface area contributed by atoms with Crippen LogP contribution in [0.4, 0.5) is 5.69 Å². The molecule has 0 aromatic heterocycles. The van der Waals surface area contributed by atoms with Gasteiger partial charge in [-0.05, 0) is 30.2 Å². The Kier molecular flexibility index (Phi) is 2.78. The summed E-state index contributed by atoms with van der Waals surface area (Å²) < 4.78 is 0. The van der Waals surface area contributed by atoms with Crippen LogP contribution in [0.1, 0.15) is 22.8 Å². The standard InChI is InChI=1S/C14H16N2O3/c1-9(17)16-5-4-10-6-11(2-3-13(10)16)14(19)15-7-12(18)8-15/h2-3,6,12,18H,4-5,7-8H2,1H3. The van der Waals surface area contributed by atoms with Gasteiger partial charge in [0, 0.05) is 37.8 Å². The quantitative estimate of drug-likeness (QED) is 0.795. The average Bonchev–Trinajstić information content (AvgIpc) is 2.77. The summed E-state index contributed by atoms with van der Waals surface area (Å²) in [5, 5.41) is 9.23. The first-order valence-electron chi connectivity index (χ1n) is 6.44. The Morgan fingerprint density at radius 3 is 2.68 bits per heavy atom. The Morgan fingerprint density at radius 2 is 2.05 bits per heavy atom. The summed E-state index contributed by atoms with van der Waals surface area (Å²) in [5.41, 5.74) is 2.59. The molecule has 2 amide bonds. The molecule has 2 heterocycles. The van der Waals surface area contributed by atoms with Crippen LogP contribution in [0, 0.1) is 0 Å². The molecule has 19 heavy (non-hydrogen) atoms. The summed E-state index contributed by atoms with van der Waals surface area (Å²) in [6, 6.07) is 5.46. The van der Waals surface area contributed by atoms with Crippen LogP contribution in [0.2, 0.25) is 0 Å². The molecule has 1 saturated heterocycles. The number of nitrogens with zero attached hydrogens (tertiary/aromatic N) is 2. The number of fused-ring (bicyclic) bond motifs is 1. The number of aliphatic hydroxyl groups excluding tert-OH is 1. The second kappa shape index (κ2) is 4.35. The zero-order valence-corrected chi connectivity index (χ0v) is 10.8. The largest absolute Gasteiger partial charge is 0.389 e. The van der Waals surface area contributed by atoms with Gasteiger partial charge in [-0.1, -0.05) is 0 Å². The van der Waals surface area contributed by atoms with Crippen LogP contribution in [-0.2, 0) is 11.2 Å². The van der Waals surface area contributed by atoms with Crippen molar-refractivity contribution in [3.05, 3.63) is 29.3 Å². The molecular formula is C14H16N2O3. The average molecular weight is 260 g/mol. The maximum atomic E-state index is 12.1.